The highest BCUT2D eigenvalue weighted by atomic mass is 32.2. The predicted molar refractivity (Wildman–Crippen MR) is 119 cm³/mol. The molecule has 1 unspecified atom stereocenters. The third-order valence-corrected chi connectivity index (χ3v) is 6.97. The van der Waals surface area contributed by atoms with Crippen molar-refractivity contribution in [2.24, 2.45) is 0 Å². The molecule has 2 atom stereocenters. The fourth-order valence-corrected chi connectivity index (χ4v) is 5.50. The van der Waals surface area contributed by atoms with Crippen LogP contribution in [-0.4, -0.2) is 38.1 Å². The van der Waals surface area contributed by atoms with Gasteiger partial charge in [0.1, 0.15) is 5.58 Å². The number of hydrogen-bond acceptors (Lipinski definition) is 6. The van der Waals surface area contributed by atoms with Crippen molar-refractivity contribution in [3.05, 3.63) is 71.5 Å². The third-order valence-electron chi connectivity index (χ3n) is 5.62. The van der Waals surface area contributed by atoms with E-state index in [1.807, 2.05) is 30.3 Å². The van der Waals surface area contributed by atoms with Gasteiger partial charge in [-0.3, -0.25) is 0 Å². The van der Waals surface area contributed by atoms with E-state index in [9.17, 15) is 18.5 Å². The van der Waals surface area contributed by atoms with E-state index in [1.165, 1.54) is 6.26 Å². The van der Waals surface area contributed by atoms with Crippen LogP contribution in [0.4, 0.5) is 0 Å². The van der Waals surface area contributed by atoms with E-state index in [0.717, 1.165) is 30.2 Å². The van der Waals surface area contributed by atoms with Crippen LogP contribution in [-0.2, 0) is 26.9 Å². The van der Waals surface area contributed by atoms with Gasteiger partial charge in [0.2, 0.25) is 10.0 Å². The van der Waals surface area contributed by atoms with Crippen LogP contribution in [0.1, 0.15) is 42.1 Å². The number of furan rings is 1. The van der Waals surface area contributed by atoms with Gasteiger partial charge in [-0.2, -0.15) is 0 Å². The molecule has 3 aromatic rings. The van der Waals surface area contributed by atoms with Gasteiger partial charge in [-0.1, -0.05) is 42.5 Å². The van der Waals surface area contributed by atoms with E-state index >= 15 is 0 Å². The quantitative estimate of drug-likeness (QED) is 0.462. The lowest BCUT2D eigenvalue weighted by Gasteiger charge is -2.25. The molecule has 1 aliphatic rings. The summed E-state index contributed by atoms with van der Waals surface area (Å²) in [7, 11) is -5.71. The fraction of sp³-hybridized carbons (Fsp3) is 0.364. The summed E-state index contributed by atoms with van der Waals surface area (Å²) in [6.45, 7) is 0.668. The molecule has 4 rings (SSSR count). The Labute approximate surface area is 182 Å². The summed E-state index contributed by atoms with van der Waals surface area (Å²) in [5.74, 6) is -1.37. The number of rotatable bonds is 8. The van der Waals surface area contributed by atoms with Crippen molar-refractivity contribution in [3.8, 4) is 0 Å². The highest BCUT2D eigenvalue weighted by Crippen LogP contribution is 2.31. The van der Waals surface area contributed by atoms with Crippen LogP contribution in [0.2, 0.25) is 0 Å². The smallest absolute Gasteiger partial charge is 0.464 e. The molecule has 7 nitrogen and oxygen atoms in total. The maximum Gasteiger partial charge on any atom is 0.471 e. The van der Waals surface area contributed by atoms with Crippen LogP contribution in [0.5, 0.6) is 0 Å². The minimum absolute atomic E-state index is 0.0846. The van der Waals surface area contributed by atoms with Gasteiger partial charge >= 0.3 is 7.12 Å². The SMILES string of the molecule is O=S(=O)(Cc1ccccc1C1CCCCO1)N[C@@H](Cc1coc2ccccc12)B(O)O. The highest BCUT2D eigenvalue weighted by molar-refractivity contribution is 7.88. The highest BCUT2D eigenvalue weighted by Gasteiger charge is 2.30. The zero-order chi connectivity index (χ0) is 21.8. The van der Waals surface area contributed by atoms with Crippen molar-refractivity contribution >= 4 is 28.1 Å². The summed E-state index contributed by atoms with van der Waals surface area (Å²) in [6.07, 6.45) is 4.40. The number of sulfonamides is 1. The van der Waals surface area contributed by atoms with Crippen molar-refractivity contribution in [3.63, 3.8) is 0 Å². The monoisotopic (exact) mass is 443 g/mol. The maximum atomic E-state index is 12.9. The number of nitrogens with one attached hydrogen (secondary N) is 1. The first-order chi connectivity index (χ1) is 14.9. The number of ether oxygens (including phenoxy) is 1. The second kappa shape index (κ2) is 9.54. The lowest BCUT2D eigenvalue weighted by molar-refractivity contribution is 0.0145. The molecule has 1 saturated heterocycles. The van der Waals surface area contributed by atoms with Gasteiger partial charge in [-0.15, -0.1) is 0 Å². The van der Waals surface area contributed by atoms with Crippen molar-refractivity contribution in [1.82, 2.24) is 4.72 Å². The second-order valence-electron chi connectivity index (χ2n) is 7.91. The second-order valence-corrected chi connectivity index (χ2v) is 9.67. The van der Waals surface area contributed by atoms with E-state index in [2.05, 4.69) is 4.72 Å². The van der Waals surface area contributed by atoms with Gasteiger partial charge < -0.3 is 19.2 Å². The van der Waals surface area contributed by atoms with Crippen molar-refractivity contribution in [2.45, 2.75) is 43.5 Å². The molecule has 0 spiro atoms. The van der Waals surface area contributed by atoms with E-state index in [-0.39, 0.29) is 18.3 Å². The molecular formula is C22H26BNO6S. The van der Waals surface area contributed by atoms with E-state index in [4.69, 9.17) is 9.15 Å². The first kappa shape index (κ1) is 22.0. The molecule has 3 N–H and O–H groups in total. The summed E-state index contributed by atoms with van der Waals surface area (Å²) in [5.41, 5.74) is 2.89. The first-order valence-electron chi connectivity index (χ1n) is 10.4. The van der Waals surface area contributed by atoms with Crippen LogP contribution in [0.25, 0.3) is 11.0 Å². The fourth-order valence-electron chi connectivity index (χ4n) is 4.08. The van der Waals surface area contributed by atoms with Crippen LogP contribution in [0, 0.1) is 0 Å². The summed E-state index contributed by atoms with van der Waals surface area (Å²) >= 11 is 0. The standard InChI is InChI=1S/C22H26BNO6S/c25-23(26)22(13-17-14-30-21-10-4-3-9-19(17)21)24-31(27,28)15-16-7-1-2-8-18(16)20-11-5-6-12-29-20/h1-4,7-10,14,20,22,24-26H,5-6,11-13,15H2/t20?,22-/m0/s1. The van der Waals surface area contributed by atoms with Crippen molar-refractivity contribution in [1.29, 1.82) is 0 Å². The van der Waals surface area contributed by atoms with Crippen molar-refractivity contribution in [2.75, 3.05) is 6.61 Å². The Morgan fingerprint density at radius 3 is 2.61 bits per heavy atom. The normalized spacial score (nSPS) is 18.2. The predicted octanol–water partition coefficient (Wildman–Crippen LogP) is 2.72. The number of benzene rings is 2. The van der Waals surface area contributed by atoms with E-state index < -0.39 is 23.1 Å². The summed E-state index contributed by atoms with van der Waals surface area (Å²) in [5, 5.41) is 20.5. The molecule has 0 saturated carbocycles. The van der Waals surface area contributed by atoms with Crippen LogP contribution < -0.4 is 4.72 Å². The Morgan fingerprint density at radius 1 is 1.06 bits per heavy atom. The van der Waals surface area contributed by atoms with Crippen LogP contribution in [0.3, 0.4) is 0 Å². The van der Waals surface area contributed by atoms with Gasteiger partial charge in [0.25, 0.3) is 0 Å². The number of fused-ring (bicyclic) bond motifs is 1. The molecule has 0 bridgehead atoms. The molecular weight excluding hydrogens is 417 g/mol. The topological polar surface area (TPSA) is 109 Å². The minimum atomic E-state index is -3.85. The van der Waals surface area contributed by atoms with Crippen LogP contribution in [0.15, 0.2) is 59.2 Å². The minimum Gasteiger partial charge on any atom is -0.464 e. The summed E-state index contributed by atoms with van der Waals surface area (Å²) < 4.78 is 39.7. The summed E-state index contributed by atoms with van der Waals surface area (Å²) in [6, 6.07) is 14.7. The van der Waals surface area contributed by atoms with Gasteiger partial charge in [0, 0.05) is 12.0 Å². The van der Waals surface area contributed by atoms with E-state index in [0.29, 0.717) is 23.3 Å². The molecule has 0 aliphatic carbocycles. The largest absolute Gasteiger partial charge is 0.471 e. The molecule has 0 radical (unpaired) electrons. The molecule has 2 aromatic carbocycles. The Hall–Kier alpha value is -2.17. The zero-order valence-corrected chi connectivity index (χ0v) is 17.9. The van der Waals surface area contributed by atoms with Crippen LogP contribution >= 0.6 is 0 Å². The molecule has 0 amide bonds. The molecule has 164 valence electrons. The molecule has 1 aliphatic heterocycles. The van der Waals surface area contributed by atoms with E-state index in [1.54, 1.807) is 18.2 Å². The zero-order valence-electron chi connectivity index (χ0n) is 17.1. The van der Waals surface area contributed by atoms with Gasteiger partial charge in [-0.25, -0.2) is 13.1 Å². The average molecular weight is 443 g/mol. The van der Waals surface area contributed by atoms with Gasteiger partial charge in [0.15, 0.2) is 0 Å². The molecule has 1 aromatic heterocycles. The number of para-hydroxylation sites is 1. The molecule has 2 heterocycles. The molecule has 9 heteroatoms. The Balaban J connectivity index is 1.51. The number of hydrogen-bond donors (Lipinski definition) is 3. The maximum absolute atomic E-state index is 12.9. The van der Waals surface area contributed by atoms with Gasteiger partial charge in [0.05, 0.1) is 24.1 Å². The Kier molecular flexibility index (Phi) is 6.78. The first-order valence-corrected chi connectivity index (χ1v) is 12.1. The van der Waals surface area contributed by atoms with Gasteiger partial charge in [-0.05, 0) is 48.4 Å². The lowest BCUT2D eigenvalue weighted by atomic mass is 9.77. The van der Waals surface area contributed by atoms with Crippen molar-refractivity contribution < 1.29 is 27.6 Å². The Morgan fingerprint density at radius 2 is 1.84 bits per heavy atom. The average Bonchev–Trinajstić information content (AvgIpc) is 3.17. The molecule has 31 heavy (non-hydrogen) atoms. The molecule has 1 fully saturated rings. The Bertz CT molecular complexity index is 1120. The summed E-state index contributed by atoms with van der Waals surface area (Å²) in [4.78, 5) is 0. The lowest BCUT2D eigenvalue weighted by Crippen LogP contribution is -2.48. The third kappa shape index (κ3) is 5.37.